The number of carbonyl (C=O) groups is 2. The van der Waals surface area contributed by atoms with Crippen molar-refractivity contribution in [3.05, 3.63) is 41.5 Å². The molecule has 11 nitrogen and oxygen atoms in total. The summed E-state index contributed by atoms with van der Waals surface area (Å²) in [5.41, 5.74) is -0.251. The Labute approximate surface area is 188 Å². The van der Waals surface area contributed by atoms with Crippen LogP contribution in [-0.2, 0) is 14.3 Å². The molecule has 1 aromatic carbocycles. The molecule has 5 N–H and O–H groups in total. The Hall–Kier alpha value is -3.53. The highest BCUT2D eigenvalue weighted by Crippen LogP contribution is 2.33. The van der Waals surface area contributed by atoms with Crippen LogP contribution in [0.3, 0.4) is 0 Å². The summed E-state index contributed by atoms with van der Waals surface area (Å²) in [4.78, 5) is 24.5. The van der Waals surface area contributed by atoms with Crippen LogP contribution in [0.1, 0.15) is 25.6 Å². The van der Waals surface area contributed by atoms with E-state index in [0.717, 1.165) is 16.8 Å². The number of rotatable bonds is 7. The molecule has 0 aliphatic carbocycles. The fraction of sp³-hybridized carbons (Fsp3) is 0.429. The third kappa shape index (κ3) is 4.51. The number of benzene rings is 1. The van der Waals surface area contributed by atoms with E-state index in [9.17, 15) is 39.7 Å². The van der Waals surface area contributed by atoms with Gasteiger partial charge >= 0.3 is 5.97 Å². The lowest BCUT2D eigenvalue weighted by molar-refractivity contribution is -0.147. The van der Waals surface area contributed by atoms with Gasteiger partial charge in [0.25, 0.3) is 0 Å². The second kappa shape index (κ2) is 9.53. The zero-order chi connectivity index (χ0) is 25.3. The summed E-state index contributed by atoms with van der Waals surface area (Å²) in [6.45, 7) is 2.09. The molecule has 12 heteroatoms. The molecule has 2 heterocycles. The number of nitriles is 1. The zero-order valence-corrected chi connectivity index (χ0v) is 17.7. The summed E-state index contributed by atoms with van der Waals surface area (Å²) in [5.74, 6) is -4.51. The molecule has 3 rings (SSSR count). The first-order chi connectivity index (χ1) is 16.0. The number of aliphatic carboxylic acids is 1. The Kier molecular flexibility index (Phi) is 6.55. The molecule has 1 aliphatic heterocycles. The van der Waals surface area contributed by atoms with E-state index in [1.807, 2.05) is 6.07 Å². The van der Waals surface area contributed by atoms with Crippen molar-refractivity contribution in [1.82, 2.24) is 15.1 Å². The van der Waals surface area contributed by atoms with Crippen LogP contribution in [-0.4, -0.2) is 73.0 Å². The number of aliphatic hydroxyl groups excluding tert-OH is 3. The van der Waals surface area contributed by atoms with E-state index in [2.05, 4.69) is 5.10 Å². The SMILES string of the molecule is [2H]N(C(=O)C(C)C)[C@H]1[C@H]([C@H](O)[C@H](O)CO)OC(C(=O)O)=C[C@@H]1n1nc2cccc(F)c2c1C#N. The lowest BCUT2D eigenvalue weighted by Crippen LogP contribution is -2.59. The van der Waals surface area contributed by atoms with E-state index in [4.69, 9.17) is 6.15 Å². The van der Waals surface area contributed by atoms with E-state index < -0.39 is 66.4 Å². The zero-order valence-electron chi connectivity index (χ0n) is 18.7. The maximum Gasteiger partial charge on any atom is 0.370 e. The van der Waals surface area contributed by atoms with Gasteiger partial charge in [0.1, 0.15) is 35.9 Å². The maximum atomic E-state index is 14.5. The topological polar surface area (TPSA) is 178 Å². The number of carboxylic acid groups (broad SMARTS) is 1. The molecule has 5 atom stereocenters. The van der Waals surface area contributed by atoms with Crippen molar-refractivity contribution in [2.24, 2.45) is 5.92 Å². The summed E-state index contributed by atoms with van der Waals surface area (Å²) in [6, 6.07) is 2.78. The minimum absolute atomic E-state index is 0.0614. The molecule has 2 aromatic rings. The van der Waals surface area contributed by atoms with Crippen LogP contribution in [0.2, 0.25) is 1.41 Å². The molecular weight excluding hydrogens is 439 g/mol. The summed E-state index contributed by atoms with van der Waals surface area (Å²) >= 11 is 0. The van der Waals surface area contributed by atoms with E-state index in [1.54, 1.807) is 0 Å². The van der Waals surface area contributed by atoms with Gasteiger partial charge in [-0.1, -0.05) is 19.9 Å². The quantitative estimate of drug-likeness (QED) is 0.372. The van der Waals surface area contributed by atoms with E-state index in [0.29, 0.717) is 5.31 Å². The lowest BCUT2D eigenvalue weighted by Gasteiger charge is -2.40. The van der Waals surface area contributed by atoms with Crippen LogP contribution in [0, 0.1) is 23.1 Å². The number of amides is 1. The Morgan fingerprint density at radius 1 is 1.42 bits per heavy atom. The van der Waals surface area contributed by atoms with Gasteiger partial charge in [-0.05, 0) is 18.2 Å². The number of ether oxygens (including phenoxy) is 1. The van der Waals surface area contributed by atoms with Crippen molar-refractivity contribution < 1.29 is 40.6 Å². The van der Waals surface area contributed by atoms with Crippen LogP contribution in [0.4, 0.5) is 4.39 Å². The first-order valence-corrected chi connectivity index (χ1v) is 10.0. The molecule has 33 heavy (non-hydrogen) atoms. The lowest BCUT2D eigenvalue weighted by atomic mass is 9.91. The van der Waals surface area contributed by atoms with Gasteiger partial charge < -0.3 is 30.5 Å². The molecule has 0 saturated heterocycles. The van der Waals surface area contributed by atoms with Crippen LogP contribution in [0.25, 0.3) is 10.9 Å². The standard InChI is InChI=1S/C21H23FN4O7/c1-9(2)20(30)24-17-12(6-15(21(31)32)33-19(17)18(29)14(28)8-27)26-13(7-23)16-10(22)4-3-5-11(16)25-26/h3-6,9,12,14,17-19,27-29H,8H2,1-2H3,(H,24,30)(H,31,32)/t12-,14+,17+,18+,19+/m0/s1/i/hD. The number of aliphatic hydroxyl groups is 3. The van der Waals surface area contributed by atoms with Gasteiger partial charge in [0.05, 0.1) is 29.6 Å². The van der Waals surface area contributed by atoms with Gasteiger partial charge in [-0.25, -0.2) is 13.9 Å². The van der Waals surface area contributed by atoms with Crippen LogP contribution in [0.5, 0.6) is 0 Å². The third-order valence-corrected chi connectivity index (χ3v) is 5.23. The maximum absolute atomic E-state index is 14.5. The molecular formula is C21H23FN4O7. The van der Waals surface area contributed by atoms with Gasteiger partial charge in [-0.2, -0.15) is 10.4 Å². The highest BCUT2D eigenvalue weighted by atomic mass is 19.1. The van der Waals surface area contributed by atoms with Crippen molar-refractivity contribution in [1.29, 1.82) is 5.26 Å². The number of carboxylic acids is 1. The average Bonchev–Trinajstić information content (AvgIpc) is 3.20. The second-order valence-electron chi connectivity index (χ2n) is 7.80. The number of nitrogens with one attached hydrogen (secondary N) is 1. The van der Waals surface area contributed by atoms with Gasteiger partial charge in [0, 0.05) is 5.92 Å². The van der Waals surface area contributed by atoms with Gasteiger partial charge in [0.2, 0.25) is 11.7 Å². The molecule has 1 amide bonds. The number of hydrogen-bond donors (Lipinski definition) is 5. The number of carbonyl (C=O) groups excluding carboxylic acids is 1. The smallest absolute Gasteiger partial charge is 0.370 e. The largest absolute Gasteiger partial charge is 0.478 e. The molecule has 0 bridgehead atoms. The molecule has 0 saturated carbocycles. The second-order valence-corrected chi connectivity index (χ2v) is 7.80. The molecule has 0 unspecified atom stereocenters. The predicted molar refractivity (Wildman–Crippen MR) is 110 cm³/mol. The van der Waals surface area contributed by atoms with Gasteiger partial charge in [-0.3, -0.25) is 4.79 Å². The number of fused-ring (bicyclic) bond motifs is 1. The Balaban J connectivity index is 2.30. The number of hydrogen-bond acceptors (Lipinski definition) is 8. The summed E-state index contributed by atoms with van der Waals surface area (Å²) in [6.07, 6.45) is -4.50. The number of halogens is 1. The molecule has 1 aliphatic rings. The van der Waals surface area contributed by atoms with Gasteiger partial charge in [0.15, 0.2) is 1.41 Å². The first kappa shape index (κ1) is 22.7. The summed E-state index contributed by atoms with van der Waals surface area (Å²) in [7, 11) is 0. The van der Waals surface area contributed by atoms with Crippen LogP contribution in [0.15, 0.2) is 30.0 Å². The third-order valence-electron chi connectivity index (χ3n) is 5.23. The van der Waals surface area contributed by atoms with Crippen molar-refractivity contribution in [3.63, 3.8) is 0 Å². The predicted octanol–water partition coefficient (Wildman–Crippen LogP) is -0.190. The highest BCUT2D eigenvalue weighted by molar-refractivity contribution is 5.86. The van der Waals surface area contributed by atoms with E-state index >= 15 is 0 Å². The van der Waals surface area contributed by atoms with Crippen molar-refractivity contribution in [2.75, 3.05) is 6.61 Å². The van der Waals surface area contributed by atoms with Gasteiger partial charge in [-0.15, -0.1) is 0 Å². The number of nitrogens with zero attached hydrogens (tertiary/aromatic N) is 3. The highest BCUT2D eigenvalue weighted by Gasteiger charge is 2.45. The minimum atomic E-state index is -1.94. The van der Waals surface area contributed by atoms with Crippen LogP contribution >= 0.6 is 0 Å². The van der Waals surface area contributed by atoms with Crippen LogP contribution < -0.4 is 5.31 Å². The first-order valence-electron chi connectivity index (χ1n) is 10.5. The minimum Gasteiger partial charge on any atom is -0.478 e. The fourth-order valence-electron chi connectivity index (χ4n) is 3.52. The van der Waals surface area contributed by atoms with E-state index in [1.165, 1.54) is 26.0 Å². The summed E-state index contributed by atoms with van der Waals surface area (Å²) < 4.78 is 29.3. The Morgan fingerprint density at radius 3 is 2.70 bits per heavy atom. The van der Waals surface area contributed by atoms with Crippen molar-refractivity contribution >= 4 is 22.8 Å². The number of aromatic nitrogens is 2. The average molecular weight is 463 g/mol. The molecule has 0 radical (unpaired) electrons. The normalized spacial score (nSPS) is 22.7. The summed E-state index contributed by atoms with van der Waals surface area (Å²) in [5, 5.41) is 53.8. The fourth-order valence-corrected chi connectivity index (χ4v) is 3.52. The van der Waals surface area contributed by atoms with Crippen molar-refractivity contribution in [2.45, 2.75) is 44.2 Å². The molecule has 0 fully saturated rings. The monoisotopic (exact) mass is 463 g/mol. The molecule has 176 valence electrons. The molecule has 1 aromatic heterocycles. The van der Waals surface area contributed by atoms with E-state index in [-0.39, 0.29) is 16.6 Å². The Morgan fingerprint density at radius 2 is 2.12 bits per heavy atom. The van der Waals surface area contributed by atoms with Crippen molar-refractivity contribution in [3.8, 4) is 6.07 Å². The Bertz CT molecular complexity index is 1180. The molecule has 0 spiro atoms.